The lowest BCUT2D eigenvalue weighted by Crippen LogP contribution is -2.15. The third kappa shape index (κ3) is 2.52. The molecule has 122 valence electrons. The summed E-state index contributed by atoms with van der Waals surface area (Å²) in [5, 5.41) is 12.4. The van der Waals surface area contributed by atoms with Gasteiger partial charge in [0, 0.05) is 29.2 Å². The van der Waals surface area contributed by atoms with Crippen LogP contribution in [0.15, 0.2) is 42.6 Å². The normalized spacial score (nSPS) is 14.5. The van der Waals surface area contributed by atoms with Gasteiger partial charge in [-0.05, 0) is 36.2 Å². The molecule has 0 saturated carbocycles. The van der Waals surface area contributed by atoms with Gasteiger partial charge in [0.2, 0.25) is 0 Å². The lowest BCUT2D eigenvalue weighted by Gasteiger charge is -2.16. The van der Waals surface area contributed by atoms with Crippen molar-refractivity contribution in [3.63, 3.8) is 0 Å². The number of aromatic nitrogens is 1. The Morgan fingerprint density at radius 1 is 1.25 bits per heavy atom. The zero-order valence-corrected chi connectivity index (χ0v) is 13.5. The highest BCUT2D eigenvalue weighted by molar-refractivity contribution is 6.34. The van der Waals surface area contributed by atoms with Gasteiger partial charge in [0.15, 0.2) is 0 Å². The van der Waals surface area contributed by atoms with Gasteiger partial charge in [0.05, 0.1) is 22.9 Å². The fourth-order valence-electron chi connectivity index (χ4n) is 3.00. The molecule has 2 heterocycles. The molecule has 3 aromatic rings. The maximum Gasteiger partial charge on any atom is 0.337 e. The van der Waals surface area contributed by atoms with Gasteiger partial charge in [0.25, 0.3) is 0 Å². The number of nitrogens with one attached hydrogen (secondary N) is 1. The van der Waals surface area contributed by atoms with Gasteiger partial charge in [-0.15, -0.1) is 0 Å². The van der Waals surface area contributed by atoms with Gasteiger partial charge in [0.1, 0.15) is 0 Å². The van der Waals surface area contributed by atoms with Crippen LogP contribution in [0, 0.1) is 0 Å². The number of carboxylic acid groups (broad SMARTS) is 1. The number of halogens is 1. The second kappa shape index (κ2) is 5.85. The highest BCUT2D eigenvalue weighted by Gasteiger charge is 2.16. The van der Waals surface area contributed by atoms with E-state index in [0.29, 0.717) is 15.9 Å². The molecule has 5 nitrogen and oxygen atoms in total. The standard InChI is InChI=1S/C18H15ClN2O3/c19-16-9-17-14(15(10-20-17)18(22)23)8-13(16)11-2-4-12(5-3-11)21-6-1-7-24-21/h2-5,8-10,20H,1,6-7H2,(H,22,23). The minimum atomic E-state index is -0.962. The number of hydrogen-bond acceptors (Lipinski definition) is 3. The van der Waals surface area contributed by atoms with Crippen molar-refractivity contribution in [2.75, 3.05) is 18.2 Å². The topological polar surface area (TPSA) is 65.6 Å². The minimum Gasteiger partial charge on any atom is -0.478 e. The van der Waals surface area contributed by atoms with E-state index in [0.717, 1.165) is 36.4 Å². The Labute approximate surface area is 143 Å². The van der Waals surface area contributed by atoms with Crippen molar-refractivity contribution in [1.29, 1.82) is 0 Å². The summed E-state index contributed by atoms with van der Waals surface area (Å²) < 4.78 is 0. The summed E-state index contributed by atoms with van der Waals surface area (Å²) in [6, 6.07) is 11.5. The molecule has 4 rings (SSSR count). The largest absolute Gasteiger partial charge is 0.478 e. The van der Waals surface area contributed by atoms with E-state index in [2.05, 4.69) is 4.98 Å². The Kier molecular flexibility index (Phi) is 3.67. The molecule has 1 aromatic heterocycles. The first kappa shape index (κ1) is 15.1. The van der Waals surface area contributed by atoms with Crippen LogP contribution >= 0.6 is 11.6 Å². The number of anilines is 1. The van der Waals surface area contributed by atoms with Gasteiger partial charge >= 0.3 is 5.97 Å². The van der Waals surface area contributed by atoms with Crippen molar-refractivity contribution in [3.8, 4) is 11.1 Å². The smallest absolute Gasteiger partial charge is 0.337 e. The SMILES string of the molecule is O=C(O)c1c[nH]c2cc(Cl)c(-c3ccc(N4CCCO4)cc3)cc12. The second-order valence-electron chi connectivity index (χ2n) is 5.72. The fraction of sp³-hybridized carbons (Fsp3) is 0.167. The van der Waals surface area contributed by atoms with Crippen LogP contribution in [0.5, 0.6) is 0 Å². The number of carbonyl (C=O) groups is 1. The predicted molar refractivity (Wildman–Crippen MR) is 93.6 cm³/mol. The molecule has 1 aliphatic rings. The molecule has 6 heteroatoms. The van der Waals surface area contributed by atoms with Crippen molar-refractivity contribution >= 4 is 34.2 Å². The van der Waals surface area contributed by atoms with Gasteiger partial charge in [-0.3, -0.25) is 9.90 Å². The van der Waals surface area contributed by atoms with Crippen LogP contribution in [-0.4, -0.2) is 29.2 Å². The number of H-pyrrole nitrogens is 1. The van der Waals surface area contributed by atoms with Gasteiger partial charge in [-0.25, -0.2) is 4.79 Å². The van der Waals surface area contributed by atoms with E-state index in [1.54, 1.807) is 6.07 Å². The first-order valence-electron chi connectivity index (χ1n) is 7.68. The van der Waals surface area contributed by atoms with Crippen molar-refractivity contribution in [3.05, 3.63) is 53.2 Å². The summed E-state index contributed by atoms with van der Waals surface area (Å²) in [6.45, 7) is 1.63. The molecule has 0 radical (unpaired) electrons. The van der Waals surface area contributed by atoms with Gasteiger partial charge < -0.3 is 10.1 Å². The zero-order chi connectivity index (χ0) is 16.7. The molecule has 1 fully saturated rings. The first-order chi connectivity index (χ1) is 11.6. The molecular weight excluding hydrogens is 328 g/mol. The van der Waals surface area contributed by atoms with Crippen LogP contribution in [0.4, 0.5) is 5.69 Å². The van der Waals surface area contributed by atoms with Crippen LogP contribution in [0.3, 0.4) is 0 Å². The second-order valence-corrected chi connectivity index (χ2v) is 6.13. The van der Waals surface area contributed by atoms with Crippen LogP contribution in [0.1, 0.15) is 16.8 Å². The number of rotatable bonds is 3. The van der Waals surface area contributed by atoms with Crippen LogP contribution in [0.2, 0.25) is 5.02 Å². The lowest BCUT2D eigenvalue weighted by molar-refractivity contribution is 0.0699. The highest BCUT2D eigenvalue weighted by atomic mass is 35.5. The van der Waals surface area contributed by atoms with Crippen molar-refractivity contribution in [2.45, 2.75) is 6.42 Å². The molecule has 0 spiro atoms. The first-order valence-corrected chi connectivity index (χ1v) is 8.06. The average Bonchev–Trinajstić information content (AvgIpc) is 3.23. The molecule has 2 aromatic carbocycles. The third-order valence-corrected chi connectivity index (χ3v) is 4.53. The maximum atomic E-state index is 11.3. The minimum absolute atomic E-state index is 0.241. The molecule has 1 saturated heterocycles. The van der Waals surface area contributed by atoms with Crippen molar-refractivity contribution in [1.82, 2.24) is 4.98 Å². The molecule has 0 bridgehead atoms. The Balaban J connectivity index is 1.76. The lowest BCUT2D eigenvalue weighted by atomic mass is 10.0. The number of carboxylic acids is 1. The number of benzene rings is 2. The van der Waals surface area contributed by atoms with E-state index in [-0.39, 0.29) is 5.56 Å². The van der Waals surface area contributed by atoms with E-state index in [1.165, 1.54) is 6.20 Å². The number of aromatic carboxylic acids is 1. The van der Waals surface area contributed by atoms with E-state index < -0.39 is 5.97 Å². The molecule has 2 N–H and O–H groups in total. The molecule has 24 heavy (non-hydrogen) atoms. The molecule has 1 aliphatic heterocycles. The molecule has 0 unspecified atom stereocenters. The summed E-state index contributed by atoms with van der Waals surface area (Å²) in [7, 11) is 0. The Hall–Kier alpha value is -2.50. The van der Waals surface area contributed by atoms with Gasteiger partial charge in [-0.1, -0.05) is 23.7 Å². The Bertz CT molecular complexity index is 912. The highest BCUT2D eigenvalue weighted by Crippen LogP contribution is 2.34. The summed E-state index contributed by atoms with van der Waals surface area (Å²) in [5.41, 5.74) is 3.69. The van der Waals surface area contributed by atoms with Crippen LogP contribution < -0.4 is 5.06 Å². The Morgan fingerprint density at radius 3 is 2.71 bits per heavy atom. The number of nitrogens with zero attached hydrogens (tertiary/aromatic N) is 1. The van der Waals surface area contributed by atoms with E-state index in [1.807, 2.05) is 35.4 Å². The number of hydrogen-bond donors (Lipinski definition) is 2. The zero-order valence-electron chi connectivity index (χ0n) is 12.8. The quantitative estimate of drug-likeness (QED) is 0.743. The molecule has 0 atom stereocenters. The van der Waals surface area contributed by atoms with Crippen molar-refractivity contribution < 1.29 is 14.7 Å². The monoisotopic (exact) mass is 342 g/mol. The molecule has 0 aliphatic carbocycles. The van der Waals surface area contributed by atoms with Crippen LogP contribution in [-0.2, 0) is 4.84 Å². The molecule has 0 amide bonds. The molecular formula is C18H15ClN2O3. The summed E-state index contributed by atoms with van der Waals surface area (Å²) in [6.07, 6.45) is 2.51. The summed E-state index contributed by atoms with van der Waals surface area (Å²) in [5.74, 6) is -0.962. The average molecular weight is 343 g/mol. The number of fused-ring (bicyclic) bond motifs is 1. The van der Waals surface area contributed by atoms with Gasteiger partial charge in [-0.2, -0.15) is 0 Å². The van der Waals surface area contributed by atoms with E-state index in [4.69, 9.17) is 16.4 Å². The fourth-order valence-corrected chi connectivity index (χ4v) is 3.27. The van der Waals surface area contributed by atoms with Crippen molar-refractivity contribution in [2.24, 2.45) is 0 Å². The third-order valence-electron chi connectivity index (χ3n) is 4.22. The van der Waals surface area contributed by atoms with E-state index >= 15 is 0 Å². The number of hydroxylamine groups is 1. The summed E-state index contributed by atoms with van der Waals surface area (Å²) >= 11 is 6.39. The predicted octanol–water partition coefficient (Wildman–Crippen LogP) is 4.33. The Morgan fingerprint density at radius 2 is 2.04 bits per heavy atom. The maximum absolute atomic E-state index is 11.3. The number of aromatic amines is 1. The summed E-state index contributed by atoms with van der Waals surface area (Å²) in [4.78, 5) is 19.8. The van der Waals surface area contributed by atoms with Crippen LogP contribution in [0.25, 0.3) is 22.0 Å². The van der Waals surface area contributed by atoms with E-state index in [9.17, 15) is 9.90 Å².